The predicted octanol–water partition coefficient (Wildman–Crippen LogP) is 2.38. The third kappa shape index (κ3) is 3.09. The zero-order chi connectivity index (χ0) is 16.4. The van der Waals surface area contributed by atoms with Gasteiger partial charge >= 0.3 is 0 Å². The van der Waals surface area contributed by atoms with Crippen LogP contribution in [0, 0.1) is 13.8 Å². The molecule has 0 bridgehead atoms. The number of nitrogens with zero attached hydrogens (tertiary/aromatic N) is 2. The molecule has 2 aromatic rings. The van der Waals surface area contributed by atoms with Crippen LogP contribution < -0.4 is 5.32 Å². The highest BCUT2D eigenvalue weighted by Gasteiger charge is 2.40. The predicted molar refractivity (Wildman–Crippen MR) is 94.1 cm³/mol. The zero-order valence-corrected chi connectivity index (χ0v) is 14.2. The van der Waals surface area contributed by atoms with Crippen molar-refractivity contribution >= 4 is 17.3 Å². The van der Waals surface area contributed by atoms with Gasteiger partial charge in [0.1, 0.15) is 0 Å². The third-order valence-electron chi connectivity index (χ3n) is 4.26. The number of nitrogens with one attached hydrogen (secondary N) is 2. The summed E-state index contributed by atoms with van der Waals surface area (Å²) in [4.78, 5) is 10.1. The van der Waals surface area contributed by atoms with E-state index >= 15 is 0 Å². The van der Waals surface area contributed by atoms with Crippen molar-refractivity contribution in [3.8, 4) is 0 Å². The van der Waals surface area contributed by atoms with Gasteiger partial charge in [0.2, 0.25) is 0 Å². The average Bonchev–Trinajstić information content (AvgIpc) is 3.05. The number of aliphatic hydroxyl groups is 1. The molecule has 1 fully saturated rings. The lowest BCUT2D eigenvalue weighted by Crippen LogP contribution is -2.31. The van der Waals surface area contributed by atoms with Gasteiger partial charge in [0.05, 0.1) is 17.8 Å². The lowest BCUT2D eigenvalue weighted by molar-refractivity contribution is 0.247. The lowest BCUT2D eigenvalue weighted by Gasteiger charge is -2.27. The van der Waals surface area contributed by atoms with E-state index in [0.717, 1.165) is 28.7 Å². The molecule has 0 radical (unpaired) electrons. The second kappa shape index (κ2) is 6.68. The zero-order valence-electron chi connectivity index (χ0n) is 13.4. The van der Waals surface area contributed by atoms with E-state index in [1.807, 2.05) is 24.4 Å². The highest BCUT2D eigenvalue weighted by atomic mass is 32.1. The van der Waals surface area contributed by atoms with Gasteiger partial charge in [-0.1, -0.05) is 6.07 Å². The number of aromatic nitrogens is 2. The summed E-state index contributed by atoms with van der Waals surface area (Å²) in [5, 5.41) is 13.3. The molecule has 0 saturated carbocycles. The first kappa shape index (κ1) is 16.0. The van der Waals surface area contributed by atoms with Crippen molar-refractivity contribution in [3.63, 3.8) is 0 Å². The van der Waals surface area contributed by atoms with Gasteiger partial charge < -0.3 is 20.3 Å². The first-order valence-electron chi connectivity index (χ1n) is 7.87. The second-order valence-electron chi connectivity index (χ2n) is 5.93. The van der Waals surface area contributed by atoms with E-state index in [2.05, 4.69) is 40.1 Å². The molecule has 3 rings (SSSR count). The Morgan fingerprint density at radius 1 is 1.35 bits per heavy atom. The Kier molecular flexibility index (Phi) is 4.63. The second-order valence-corrected chi connectivity index (χ2v) is 6.32. The lowest BCUT2D eigenvalue weighted by atomic mass is 9.97. The van der Waals surface area contributed by atoms with E-state index in [-0.39, 0.29) is 18.7 Å². The molecule has 0 aromatic carbocycles. The van der Waals surface area contributed by atoms with Gasteiger partial charge in [-0.05, 0) is 56.2 Å². The standard InChI is InChI=1S/C17H22N4OS/c1-11-10-13(12(2)19-11)16-15(14-6-3-4-7-18-14)20-17(23)21(16)8-5-9-22/h3-4,6-7,10,15-16,19,22H,5,8-9H2,1-2H3,(H,20,23). The minimum Gasteiger partial charge on any atom is -0.396 e. The topological polar surface area (TPSA) is 64.2 Å². The molecule has 0 amide bonds. The molecule has 23 heavy (non-hydrogen) atoms. The molecule has 2 unspecified atom stereocenters. The van der Waals surface area contributed by atoms with E-state index in [9.17, 15) is 5.11 Å². The van der Waals surface area contributed by atoms with Crippen molar-refractivity contribution in [3.05, 3.63) is 53.1 Å². The van der Waals surface area contributed by atoms with E-state index in [1.54, 1.807) is 0 Å². The monoisotopic (exact) mass is 330 g/mol. The van der Waals surface area contributed by atoms with Crippen LogP contribution in [0.25, 0.3) is 0 Å². The molecule has 6 heteroatoms. The Hall–Kier alpha value is -1.92. The van der Waals surface area contributed by atoms with Crippen LogP contribution in [0.1, 0.15) is 41.1 Å². The molecule has 2 atom stereocenters. The molecule has 2 aromatic heterocycles. The summed E-state index contributed by atoms with van der Waals surface area (Å²) in [6, 6.07) is 8.21. The maximum Gasteiger partial charge on any atom is 0.170 e. The van der Waals surface area contributed by atoms with Crippen LogP contribution >= 0.6 is 12.2 Å². The van der Waals surface area contributed by atoms with Crippen LogP contribution in [-0.2, 0) is 0 Å². The number of rotatable bonds is 5. The Balaban J connectivity index is 2.01. The summed E-state index contributed by atoms with van der Waals surface area (Å²) in [7, 11) is 0. The van der Waals surface area contributed by atoms with Gasteiger partial charge in [0.15, 0.2) is 5.11 Å². The molecule has 5 nitrogen and oxygen atoms in total. The summed E-state index contributed by atoms with van der Waals surface area (Å²) in [6.07, 6.45) is 2.50. The smallest absolute Gasteiger partial charge is 0.170 e. The van der Waals surface area contributed by atoms with E-state index in [4.69, 9.17) is 12.2 Å². The maximum absolute atomic E-state index is 9.20. The van der Waals surface area contributed by atoms with E-state index in [0.29, 0.717) is 6.42 Å². The maximum atomic E-state index is 9.20. The Bertz CT molecular complexity index is 685. The Morgan fingerprint density at radius 3 is 2.78 bits per heavy atom. The van der Waals surface area contributed by atoms with Crippen molar-refractivity contribution in [1.29, 1.82) is 0 Å². The highest BCUT2D eigenvalue weighted by molar-refractivity contribution is 7.80. The first-order valence-corrected chi connectivity index (χ1v) is 8.27. The van der Waals surface area contributed by atoms with Crippen molar-refractivity contribution in [2.45, 2.75) is 32.4 Å². The summed E-state index contributed by atoms with van der Waals surface area (Å²) in [5.74, 6) is 0. The molecule has 3 N–H and O–H groups in total. The highest BCUT2D eigenvalue weighted by Crippen LogP contribution is 2.39. The number of hydrogen-bond donors (Lipinski definition) is 3. The number of thiocarbonyl (C=S) groups is 1. The molecular formula is C17H22N4OS. The summed E-state index contributed by atoms with van der Waals surface area (Å²) in [6.45, 7) is 5.03. The van der Waals surface area contributed by atoms with Crippen molar-refractivity contribution < 1.29 is 5.11 Å². The van der Waals surface area contributed by atoms with Gasteiger partial charge in [-0.25, -0.2) is 0 Å². The molecule has 1 saturated heterocycles. The third-order valence-corrected chi connectivity index (χ3v) is 4.62. The molecular weight excluding hydrogens is 308 g/mol. The first-order chi connectivity index (χ1) is 11.1. The molecule has 3 heterocycles. The van der Waals surface area contributed by atoms with Gasteiger partial charge in [-0.3, -0.25) is 4.98 Å². The molecule has 0 spiro atoms. The number of H-pyrrole nitrogens is 1. The summed E-state index contributed by atoms with van der Waals surface area (Å²) in [5.41, 5.74) is 4.49. The minimum absolute atomic E-state index is 0.0105. The normalized spacial score (nSPS) is 20.8. The van der Waals surface area contributed by atoms with Crippen LogP contribution in [0.4, 0.5) is 0 Å². The molecule has 1 aliphatic rings. The number of aromatic amines is 1. The van der Waals surface area contributed by atoms with E-state index in [1.165, 1.54) is 5.56 Å². The summed E-state index contributed by atoms with van der Waals surface area (Å²) < 4.78 is 0. The Morgan fingerprint density at radius 2 is 2.17 bits per heavy atom. The number of aliphatic hydroxyl groups excluding tert-OH is 1. The van der Waals surface area contributed by atoms with Crippen LogP contribution in [0.15, 0.2) is 30.5 Å². The molecule has 0 aliphatic carbocycles. The minimum atomic E-state index is 0.0105. The fourth-order valence-electron chi connectivity index (χ4n) is 3.28. The van der Waals surface area contributed by atoms with Crippen LogP contribution in [-0.4, -0.2) is 38.2 Å². The van der Waals surface area contributed by atoms with Gasteiger partial charge in [0.25, 0.3) is 0 Å². The Labute approximate surface area is 141 Å². The average molecular weight is 330 g/mol. The fourth-order valence-corrected chi connectivity index (χ4v) is 3.61. The summed E-state index contributed by atoms with van der Waals surface area (Å²) >= 11 is 5.55. The van der Waals surface area contributed by atoms with E-state index < -0.39 is 0 Å². The van der Waals surface area contributed by atoms with Gasteiger partial charge in [0, 0.05) is 30.7 Å². The quantitative estimate of drug-likeness (QED) is 0.735. The largest absolute Gasteiger partial charge is 0.396 e. The molecule has 122 valence electrons. The fraction of sp³-hybridized carbons (Fsp3) is 0.412. The number of hydrogen-bond acceptors (Lipinski definition) is 3. The van der Waals surface area contributed by atoms with Crippen molar-refractivity contribution in [2.24, 2.45) is 0 Å². The van der Waals surface area contributed by atoms with Crippen LogP contribution in [0.5, 0.6) is 0 Å². The molecule has 1 aliphatic heterocycles. The van der Waals surface area contributed by atoms with Gasteiger partial charge in [-0.2, -0.15) is 0 Å². The van der Waals surface area contributed by atoms with Gasteiger partial charge in [-0.15, -0.1) is 0 Å². The number of aryl methyl sites for hydroxylation is 2. The van der Waals surface area contributed by atoms with Crippen molar-refractivity contribution in [2.75, 3.05) is 13.2 Å². The number of pyridine rings is 1. The van der Waals surface area contributed by atoms with Crippen molar-refractivity contribution in [1.82, 2.24) is 20.2 Å². The van der Waals surface area contributed by atoms with Crippen LogP contribution in [0.3, 0.4) is 0 Å². The SMILES string of the molecule is Cc1cc(C2C(c3ccccn3)NC(=S)N2CCCO)c(C)[nH]1. The van der Waals surface area contributed by atoms with Crippen LogP contribution in [0.2, 0.25) is 0 Å².